The lowest BCUT2D eigenvalue weighted by Gasteiger charge is -2.26. The number of nitrogens with zero attached hydrogens (tertiary/aromatic N) is 6. The zero-order valence-corrected chi connectivity index (χ0v) is 19.0. The van der Waals surface area contributed by atoms with Crippen LogP contribution in [-0.4, -0.2) is 82.3 Å². The molecule has 4 rings (SSSR count). The normalized spacial score (nSPS) is 13.3. The Labute approximate surface area is 195 Å². The van der Waals surface area contributed by atoms with Crippen LogP contribution in [0.4, 0.5) is 22.0 Å². The number of methoxy groups -OCH3 is 1. The number of hydrogen-bond donors (Lipinski definition) is 3. The second-order valence-corrected chi connectivity index (χ2v) is 7.35. The van der Waals surface area contributed by atoms with Crippen molar-refractivity contribution in [3.8, 4) is 17.1 Å². The number of hydrogen-bond acceptors (Lipinski definition) is 9. The number of morpholine rings is 1. The van der Waals surface area contributed by atoms with E-state index in [0.29, 0.717) is 54.8 Å². The van der Waals surface area contributed by atoms with Crippen LogP contribution in [0.2, 0.25) is 0 Å². The lowest BCUT2D eigenvalue weighted by molar-refractivity contribution is 0.0564. The average molecular weight is 467 g/mol. The lowest BCUT2D eigenvalue weighted by atomic mass is 10.1. The van der Waals surface area contributed by atoms with Gasteiger partial charge >= 0.3 is 6.03 Å². The molecule has 1 saturated heterocycles. The molecule has 0 radical (unpaired) electrons. The maximum atomic E-state index is 12.6. The lowest BCUT2D eigenvalue weighted by Crippen LogP contribution is -2.43. The van der Waals surface area contributed by atoms with Gasteiger partial charge in [0.05, 0.1) is 37.3 Å². The summed E-state index contributed by atoms with van der Waals surface area (Å²) >= 11 is 0. The van der Waals surface area contributed by atoms with Crippen molar-refractivity contribution < 1.29 is 19.1 Å². The molecule has 3 N–H and O–H groups in total. The van der Waals surface area contributed by atoms with Crippen molar-refractivity contribution in [2.45, 2.75) is 0 Å². The Morgan fingerprint density at radius 3 is 2.62 bits per heavy atom. The first kappa shape index (κ1) is 22.9. The van der Waals surface area contributed by atoms with Gasteiger partial charge in [0, 0.05) is 33.3 Å². The van der Waals surface area contributed by atoms with Crippen molar-refractivity contribution in [2.75, 3.05) is 51.1 Å². The highest BCUT2D eigenvalue weighted by Crippen LogP contribution is 2.37. The molecule has 0 atom stereocenters. The van der Waals surface area contributed by atoms with Crippen LogP contribution in [0.1, 0.15) is 10.5 Å². The number of carbonyl (C=O) groups is 2. The van der Waals surface area contributed by atoms with Crippen LogP contribution < -0.4 is 20.7 Å². The fourth-order valence-corrected chi connectivity index (χ4v) is 3.43. The van der Waals surface area contributed by atoms with E-state index >= 15 is 0 Å². The standard InChI is InChI=1S/C21H25N9O4/c1-22-20(31)17-15(11-16(26-27-17)25-21(32)30-7-9-34-10-8-30)24-14-6-4-5-13(18(14)33-3)19-23-12-29(2)28-19/h4-6,11-12H,7-10H2,1-3H3,(H,22,31)(H2,24,25,26,32). The molecule has 2 aromatic heterocycles. The van der Waals surface area contributed by atoms with Crippen molar-refractivity contribution in [1.29, 1.82) is 0 Å². The van der Waals surface area contributed by atoms with E-state index in [1.807, 2.05) is 12.1 Å². The summed E-state index contributed by atoms with van der Waals surface area (Å²) in [5.41, 5.74) is 1.60. The van der Waals surface area contributed by atoms with E-state index in [9.17, 15) is 9.59 Å². The monoisotopic (exact) mass is 467 g/mol. The Balaban J connectivity index is 1.66. The Kier molecular flexibility index (Phi) is 6.82. The number of anilines is 3. The number of benzene rings is 1. The molecule has 34 heavy (non-hydrogen) atoms. The minimum Gasteiger partial charge on any atom is -0.494 e. The van der Waals surface area contributed by atoms with E-state index < -0.39 is 5.91 Å². The molecule has 0 spiro atoms. The molecule has 1 fully saturated rings. The van der Waals surface area contributed by atoms with Gasteiger partial charge in [0.2, 0.25) is 0 Å². The Morgan fingerprint density at radius 2 is 1.94 bits per heavy atom. The number of aromatic nitrogens is 5. The van der Waals surface area contributed by atoms with Gasteiger partial charge in [-0.15, -0.1) is 10.2 Å². The summed E-state index contributed by atoms with van der Waals surface area (Å²) in [7, 11) is 4.80. The van der Waals surface area contributed by atoms with E-state index in [4.69, 9.17) is 9.47 Å². The van der Waals surface area contributed by atoms with Gasteiger partial charge in [-0.05, 0) is 12.1 Å². The highest BCUT2D eigenvalue weighted by atomic mass is 16.5. The highest BCUT2D eigenvalue weighted by molar-refractivity contribution is 5.99. The quantitative estimate of drug-likeness (QED) is 0.487. The minimum absolute atomic E-state index is 0.0512. The van der Waals surface area contributed by atoms with Crippen molar-refractivity contribution in [3.05, 3.63) is 36.3 Å². The van der Waals surface area contributed by atoms with Crippen molar-refractivity contribution in [1.82, 2.24) is 35.2 Å². The van der Waals surface area contributed by atoms with Crippen LogP contribution in [0.25, 0.3) is 11.4 Å². The van der Waals surface area contributed by atoms with Crippen molar-refractivity contribution in [3.63, 3.8) is 0 Å². The smallest absolute Gasteiger partial charge is 0.323 e. The van der Waals surface area contributed by atoms with Crippen molar-refractivity contribution >= 4 is 29.1 Å². The molecule has 3 aromatic rings. The van der Waals surface area contributed by atoms with Gasteiger partial charge in [-0.3, -0.25) is 14.8 Å². The van der Waals surface area contributed by atoms with Gasteiger partial charge in [-0.1, -0.05) is 6.07 Å². The first-order valence-corrected chi connectivity index (χ1v) is 10.5. The largest absolute Gasteiger partial charge is 0.494 e. The number of ether oxygens (including phenoxy) is 2. The van der Waals surface area contributed by atoms with Gasteiger partial charge in [-0.2, -0.15) is 5.10 Å². The molecule has 0 bridgehead atoms. The predicted octanol–water partition coefficient (Wildman–Crippen LogP) is 1.25. The maximum Gasteiger partial charge on any atom is 0.323 e. The molecule has 1 aliphatic heterocycles. The number of carbonyl (C=O) groups excluding carboxylic acids is 2. The van der Waals surface area contributed by atoms with Crippen molar-refractivity contribution in [2.24, 2.45) is 7.05 Å². The molecular formula is C21H25N9O4. The Bertz CT molecular complexity index is 1190. The summed E-state index contributed by atoms with van der Waals surface area (Å²) in [6, 6.07) is 6.65. The molecule has 1 aliphatic rings. The minimum atomic E-state index is -0.442. The molecule has 13 heteroatoms. The fraction of sp³-hybridized carbons (Fsp3) is 0.333. The van der Waals surface area contributed by atoms with Gasteiger partial charge < -0.3 is 25.0 Å². The molecule has 1 aromatic carbocycles. The molecule has 0 unspecified atom stereocenters. The first-order valence-electron chi connectivity index (χ1n) is 10.5. The summed E-state index contributed by atoms with van der Waals surface area (Å²) in [5.74, 6) is 0.712. The topological polar surface area (TPSA) is 148 Å². The Hall–Kier alpha value is -4.26. The summed E-state index contributed by atoms with van der Waals surface area (Å²) < 4.78 is 12.5. The molecule has 0 saturated carbocycles. The van der Waals surface area contributed by atoms with E-state index in [1.165, 1.54) is 14.2 Å². The highest BCUT2D eigenvalue weighted by Gasteiger charge is 2.21. The third-order valence-corrected chi connectivity index (χ3v) is 5.10. The number of rotatable bonds is 6. The van der Waals surface area contributed by atoms with Crippen LogP contribution in [0.5, 0.6) is 5.75 Å². The summed E-state index contributed by atoms with van der Waals surface area (Å²) in [5, 5.41) is 20.8. The van der Waals surface area contributed by atoms with E-state index in [-0.39, 0.29) is 17.5 Å². The molecule has 178 valence electrons. The van der Waals surface area contributed by atoms with Gasteiger partial charge in [0.1, 0.15) is 6.33 Å². The molecular weight excluding hydrogens is 442 g/mol. The SMILES string of the molecule is CNC(=O)c1nnc(NC(=O)N2CCOCC2)cc1Nc1cccc(-c2ncn(C)n2)c1OC. The number of para-hydroxylation sites is 1. The average Bonchev–Trinajstić information content (AvgIpc) is 3.30. The van der Waals surface area contributed by atoms with Gasteiger partial charge in [-0.25, -0.2) is 9.78 Å². The van der Waals surface area contributed by atoms with Gasteiger partial charge in [0.15, 0.2) is 23.1 Å². The van der Waals surface area contributed by atoms with Crippen LogP contribution in [-0.2, 0) is 11.8 Å². The van der Waals surface area contributed by atoms with E-state index in [2.05, 4.69) is 36.2 Å². The fourth-order valence-electron chi connectivity index (χ4n) is 3.43. The third kappa shape index (κ3) is 4.88. The predicted molar refractivity (Wildman–Crippen MR) is 123 cm³/mol. The summed E-state index contributed by atoms with van der Waals surface area (Å²) in [4.78, 5) is 30.9. The van der Waals surface area contributed by atoms with Gasteiger partial charge in [0.25, 0.3) is 5.91 Å². The second-order valence-electron chi connectivity index (χ2n) is 7.35. The first-order chi connectivity index (χ1) is 16.5. The number of urea groups is 1. The third-order valence-electron chi connectivity index (χ3n) is 5.10. The Morgan fingerprint density at radius 1 is 1.15 bits per heavy atom. The zero-order valence-electron chi connectivity index (χ0n) is 19.0. The van der Waals surface area contributed by atoms with Crippen LogP contribution in [0.15, 0.2) is 30.6 Å². The number of aryl methyl sites for hydroxylation is 1. The molecule has 3 heterocycles. The molecule has 0 aliphatic carbocycles. The second kappa shape index (κ2) is 10.1. The van der Waals surface area contributed by atoms with E-state index in [0.717, 1.165) is 0 Å². The molecule has 13 nitrogen and oxygen atoms in total. The zero-order chi connectivity index (χ0) is 24.1. The number of amides is 3. The van der Waals surface area contributed by atoms with Crippen LogP contribution in [0.3, 0.4) is 0 Å². The summed E-state index contributed by atoms with van der Waals surface area (Å²) in [6.07, 6.45) is 1.59. The maximum absolute atomic E-state index is 12.6. The van der Waals surface area contributed by atoms with E-state index in [1.54, 1.807) is 35.1 Å². The number of nitrogens with one attached hydrogen (secondary N) is 3. The summed E-state index contributed by atoms with van der Waals surface area (Å²) in [6.45, 7) is 1.91. The van der Waals surface area contributed by atoms with Crippen LogP contribution >= 0.6 is 0 Å². The molecule has 3 amide bonds. The van der Waals surface area contributed by atoms with Crippen LogP contribution in [0, 0.1) is 0 Å².